The zero-order valence-corrected chi connectivity index (χ0v) is 12.7. The highest BCUT2D eigenvalue weighted by atomic mass is 16.4. The molecule has 5 nitrogen and oxygen atoms in total. The molecule has 1 heterocycles. The highest BCUT2D eigenvalue weighted by Crippen LogP contribution is 2.31. The molecule has 2 atom stereocenters. The first-order valence-corrected chi connectivity index (χ1v) is 7.09. The fourth-order valence-corrected chi connectivity index (χ4v) is 2.51. The number of hydrogen-bond donors (Lipinski definition) is 2. The fraction of sp³-hybridized carbons (Fsp3) is 0.500. The first-order valence-electron chi connectivity index (χ1n) is 7.09. The molecule has 0 saturated heterocycles. The Morgan fingerprint density at radius 3 is 2.52 bits per heavy atom. The Morgan fingerprint density at radius 1 is 1.33 bits per heavy atom. The number of rotatable bonds is 2. The van der Waals surface area contributed by atoms with Gasteiger partial charge >= 0.3 is 5.97 Å². The Kier molecular flexibility index (Phi) is 4.05. The Labute approximate surface area is 124 Å². The van der Waals surface area contributed by atoms with Crippen molar-refractivity contribution in [1.29, 1.82) is 0 Å². The van der Waals surface area contributed by atoms with Gasteiger partial charge in [-0.15, -0.1) is 0 Å². The smallest absolute Gasteiger partial charge is 0.308 e. The Morgan fingerprint density at radius 2 is 1.95 bits per heavy atom. The molecule has 0 aliphatic carbocycles. The molecule has 114 valence electrons. The average Bonchev–Trinajstić information content (AvgIpc) is 2.43. The van der Waals surface area contributed by atoms with Gasteiger partial charge in [0.1, 0.15) is 0 Å². The second kappa shape index (κ2) is 5.48. The lowest BCUT2D eigenvalue weighted by Crippen LogP contribution is -2.53. The highest BCUT2D eigenvalue weighted by Gasteiger charge is 2.37. The van der Waals surface area contributed by atoms with E-state index in [-0.39, 0.29) is 17.9 Å². The number of benzene rings is 1. The van der Waals surface area contributed by atoms with Crippen molar-refractivity contribution in [3.63, 3.8) is 0 Å². The lowest BCUT2D eigenvalue weighted by atomic mass is 9.85. The predicted molar refractivity (Wildman–Crippen MR) is 81.1 cm³/mol. The summed E-state index contributed by atoms with van der Waals surface area (Å²) < 4.78 is 0. The first-order chi connectivity index (χ1) is 9.71. The van der Waals surface area contributed by atoms with Crippen LogP contribution in [-0.2, 0) is 16.0 Å². The van der Waals surface area contributed by atoms with Crippen LogP contribution >= 0.6 is 0 Å². The summed E-state index contributed by atoms with van der Waals surface area (Å²) in [5.41, 5.74) is 7.35. The topological polar surface area (TPSA) is 83.6 Å². The monoisotopic (exact) mass is 290 g/mol. The molecule has 2 rings (SSSR count). The number of carboxylic acid groups (broad SMARTS) is 1. The van der Waals surface area contributed by atoms with E-state index in [9.17, 15) is 14.7 Å². The molecule has 0 bridgehead atoms. The number of hydrogen-bond acceptors (Lipinski definition) is 3. The minimum Gasteiger partial charge on any atom is -0.481 e. The van der Waals surface area contributed by atoms with E-state index in [1.165, 1.54) is 4.90 Å². The van der Waals surface area contributed by atoms with Crippen LogP contribution in [0.4, 0.5) is 5.69 Å². The number of carbonyl (C=O) groups is 2. The molecule has 1 aromatic carbocycles. The van der Waals surface area contributed by atoms with E-state index in [4.69, 9.17) is 5.73 Å². The number of anilines is 1. The second-order valence-corrected chi connectivity index (χ2v) is 6.66. The van der Waals surface area contributed by atoms with Crippen LogP contribution in [-0.4, -0.2) is 29.6 Å². The number of aliphatic carboxylic acids is 1. The van der Waals surface area contributed by atoms with Crippen molar-refractivity contribution in [3.05, 3.63) is 29.8 Å². The van der Waals surface area contributed by atoms with Crippen molar-refractivity contribution in [2.45, 2.75) is 33.2 Å². The SMILES string of the molecule is CC(C)(C)C(N)C(=O)N1CC(C(=O)O)Cc2ccccc21. The summed E-state index contributed by atoms with van der Waals surface area (Å²) in [4.78, 5) is 25.5. The third-order valence-electron chi connectivity index (χ3n) is 3.97. The van der Waals surface area contributed by atoms with Gasteiger partial charge in [-0.3, -0.25) is 9.59 Å². The van der Waals surface area contributed by atoms with Crippen molar-refractivity contribution in [1.82, 2.24) is 0 Å². The van der Waals surface area contributed by atoms with Gasteiger partial charge in [-0.2, -0.15) is 0 Å². The minimum atomic E-state index is -0.883. The molecular weight excluding hydrogens is 268 g/mol. The molecule has 1 amide bonds. The molecule has 21 heavy (non-hydrogen) atoms. The lowest BCUT2D eigenvalue weighted by Gasteiger charge is -2.37. The van der Waals surface area contributed by atoms with Crippen LogP contribution in [0.3, 0.4) is 0 Å². The van der Waals surface area contributed by atoms with Crippen LogP contribution in [0, 0.1) is 11.3 Å². The van der Waals surface area contributed by atoms with Gasteiger partial charge in [0.25, 0.3) is 0 Å². The molecule has 5 heteroatoms. The van der Waals surface area contributed by atoms with Gasteiger partial charge in [0.15, 0.2) is 0 Å². The maximum atomic E-state index is 12.7. The van der Waals surface area contributed by atoms with E-state index in [1.807, 2.05) is 45.0 Å². The number of fused-ring (bicyclic) bond motifs is 1. The largest absolute Gasteiger partial charge is 0.481 e. The minimum absolute atomic E-state index is 0.176. The third-order valence-corrected chi connectivity index (χ3v) is 3.97. The molecule has 2 unspecified atom stereocenters. The highest BCUT2D eigenvalue weighted by molar-refractivity contribution is 5.99. The van der Waals surface area contributed by atoms with Crippen molar-refractivity contribution >= 4 is 17.6 Å². The van der Waals surface area contributed by atoms with E-state index in [2.05, 4.69) is 0 Å². The van der Waals surface area contributed by atoms with Crippen LogP contribution < -0.4 is 10.6 Å². The molecule has 0 saturated carbocycles. The van der Waals surface area contributed by atoms with Crippen LogP contribution in [0.2, 0.25) is 0 Å². The molecule has 3 N–H and O–H groups in total. The van der Waals surface area contributed by atoms with Crippen LogP contribution in [0.25, 0.3) is 0 Å². The zero-order valence-electron chi connectivity index (χ0n) is 12.7. The van der Waals surface area contributed by atoms with Crippen molar-refractivity contribution in [2.24, 2.45) is 17.1 Å². The molecule has 1 aliphatic rings. The number of carbonyl (C=O) groups excluding carboxylic acids is 1. The Balaban J connectivity index is 2.38. The van der Waals surface area contributed by atoms with Gasteiger partial charge in [0.05, 0.1) is 12.0 Å². The van der Waals surface area contributed by atoms with Crippen LogP contribution in [0.15, 0.2) is 24.3 Å². The number of carboxylic acids is 1. The summed E-state index contributed by atoms with van der Waals surface area (Å²) >= 11 is 0. The van der Waals surface area contributed by atoms with E-state index in [0.717, 1.165) is 11.3 Å². The normalized spacial score (nSPS) is 19.8. The number of para-hydroxylation sites is 1. The molecule has 1 aliphatic heterocycles. The predicted octanol–water partition coefficient (Wildman–Crippen LogP) is 1.65. The summed E-state index contributed by atoms with van der Waals surface area (Å²) in [6.45, 7) is 5.88. The van der Waals surface area contributed by atoms with Gasteiger partial charge in [-0.1, -0.05) is 39.0 Å². The second-order valence-electron chi connectivity index (χ2n) is 6.66. The molecule has 0 aromatic heterocycles. The van der Waals surface area contributed by atoms with E-state index >= 15 is 0 Å². The fourth-order valence-electron chi connectivity index (χ4n) is 2.51. The number of nitrogens with two attached hydrogens (primary N) is 1. The zero-order chi connectivity index (χ0) is 15.8. The van der Waals surface area contributed by atoms with Crippen LogP contribution in [0.5, 0.6) is 0 Å². The molecule has 0 spiro atoms. The van der Waals surface area contributed by atoms with E-state index in [1.54, 1.807) is 0 Å². The van der Waals surface area contributed by atoms with Crippen molar-refractivity contribution in [2.75, 3.05) is 11.4 Å². The standard InChI is InChI=1S/C16H22N2O3/c1-16(2,3)13(17)14(19)18-9-11(15(20)21)8-10-6-4-5-7-12(10)18/h4-7,11,13H,8-9,17H2,1-3H3,(H,20,21). The molecular formula is C16H22N2O3. The summed E-state index contributed by atoms with van der Waals surface area (Å²) in [6.07, 6.45) is 0.444. The average molecular weight is 290 g/mol. The Bertz CT molecular complexity index is 563. The van der Waals surface area contributed by atoms with Gasteiger partial charge in [0.2, 0.25) is 5.91 Å². The molecule has 0 radical (unpaired) electrons. The molecule has 1 aromatic rings. The number of amides is 1. The van der Waals surface area contributed by atoms with Gasteiger partial charge in [-0.05, 0) is 23.5 Å². The van der Waals surface area contributed by atoms with Gasteiger partial charge < -0.3 is 15.7 Å². The van der Waals surface area contributed by atoms with Gasteiger partial charge in [-0.25, -0.2) is 0 Å². The lowest BCUT2D eigenvalue weighted by molar-refractivity contribution is -0.141. The third kappa shape index (κ3) is 3.08. The molecule has 0 fully saturated rings. The van der Waals surface area contributed by atoms with Crippen LogP contribution in [0.1, 0.15) is 26.3 Å². The summed E-state index contributed by atoms with van der Waals surface area (Å²) in [5, 5.41) is 9.29. The van der Waals surface area contributed by atoms with E-state index in [0.29, 0.717) is 6.42 Å². The summed E-state index contributed by atoms with van der Waals surface area (Å²) in [7, 11) is 0. The maximum Gasteiger partial charge on any atom is 0.308 e. The summed E-state index contributed by atoms with van der Waals surface area (Å²) in [5.74, 6) is -1.69. The van der Waals surface area contributed by atoms with Gasteiger partial charge in [0, 0.05) is 12.2 Å². The first kappa shape index (κ1) is 15.5. The summed E-state index contributed by atoms with van der Waals surface area (Å²) in [6, 6.07) is 6.75. The van der Waals surface area contributed by atoms with Crippen molar-refractivity contribution in [3.8, 4) is 0 Å². The number of nitrogens with zero attached hydrogens (tertiary/aromatic N) is 1. The quantitative estimate of drug-likeness (QED) is 0.867. The Hall–Kier alpha value is -1.88. The van der Waals surface area contributed by atoms with Crippen molar-refractivity contribution < 1.29 is 14.7 Å². The van der Waals surface area contributed by atoms with E-state index < -0.39 is 17.9 Å². The maximum absolute atomic E-state index is 12.7.